The highest BCUT2D eigenvalue weighted by Gasteiger charge is 2.37. The molecule has 0 unspecified atom stereocenters. The maximum Gasteiger partial charge on any atom is 0.254 e. The fraction of sp³-hybridized carbons (Fsp3) is 0.378. The van der Waals surface area contributed by atoms with E-state index in [1.54, 1.807) is 17.2 Å². The lowest BCUT2D eigenvalue weighted by Gasteiger charge is -2.41. The van der Waals surface area contributed by atoms with Gasteiger partial charge in [0, 0.05) is 74.2 Å². The molecule has 3 aromatic rings. The van der Waals surface area contributed by atoms with Gasteiger partial charge in [0.05, 0.1) is 6.04 Å². The van der Waals surface area contributed by atoms with Crippen LogP contribution in [0.3, 0.4) is 0 Å². The van der Waals surface area contributed by atoms with Gasteiger partial charge in [-0.05, 0) is 48.2 Å². The summed E-state index contributed by atoms with van der Waals surface area (Å²) in [6.45, 7) is 6.75. The maximum atomic E-state index is 15.0. The summed E-state index contributed by atoms with van der Waals surface area (Å²) in [5.41, 5.74) is 7.62. The lowest BCUT2D eigenvalue weighted by molar-refractivity contribution is -0.141. The van der Waals surface area contributed by atoms with Gasteiger partial charge in [-0.25, -0.2) is 8.78 Å². The smallest absolute Gasteiger partial charge is 0.254 e. The van der Waals surface area contributed by atoms with Crippen molar-refractivity contribution in [3.05, 3.63) is 95.8 Å². The van der Waals surface area contributed by atoms with Crippen molar-refractivity contribution >= 4 is 29.5 Å². The van der Waals surface area contributed by atoms with Crippen LogP contribution in [0.1, 0.15) is 57.3 Å². The van der Waals surface area contributed by atoms with E-state index in [2.05, 4.69) is 10.6 Å². The number of imide groups is 1. The molecule has 0 bridgehead atoms. The minimum absolute atomic E-state index is 0.0591. The van der Waals surface area contributed by atoms with Gasteiger partial charge in [-0.15, -0.1) is 0 Å². The van der Waals surface area contributed by atoms with E-state index in [0.717, 1.165) is 46.5 Å². The first-order valence-corrected chi connectivity index (χ1v) is 16.5. The molecule has 0 aliphatic carbocycles. The van der Waals surface area contributed by atoms with Crippen molar-refractivity contribution in [1.29, 1.82) is 0 Å². The molecule has 4 rings (SSSR count). The molecule has 2 aromatic carbocycles. The van der Waals surface area contributed by atoms with Gasteiger partial charge < -0.3 is 25.8 Å². The zero-order valence-corrected chi connectivity index (χ0v) is 28.6. The third kappa shape index (κ3) is 9.94. The number of rotatable bonds is 16. The van der Waals surface area contributed by atoms with Crippen LogP contribution in [0.5, 0.6) is 0 Å². The predicted octanol–water partition coefficient (Wildman–Crippen LogP) is 3.68. The van der Waals surface area contributed by atoms with Crippen molar-refractivity contribution in [3.63, 3.8) is 0 Å². The van der Waals surface area contributed by atoms with E-state index < -0.39 is 53.3 Å². The molecule has 0 radical (unpaired) electrons. The molecule has 11 nitrogen and oxygen atoms in total. The minimum Gasteiger partial charge on any atom is -0.354 e. The Morgan fingerprint density at radius 2 is 1.56 bits per heavy atom. The summed E-state index contributed by atoms with van der Waals surface area (Å²) in [7, 11) is 0. The lowest BCUT2D eigenvalue weighted by Crippen LogP contribution is -2.44. The van der Waals surface area contributed by atoms with Gasteiger partial charge in [-0.2, -0.15) is 0 Å². The number of hydrogen-bond donors (Lipinski definition) is 3. The number of nitrogens with one attached hydrogen (secondary N) is 2. The summed E-state index contributed by atoms with van der Waals surface area (Å²) in [5.74, 6) is -3.50. The number of aromatic nitrogens is 1. The molecular weight excluding hydrogens is 646 g/mol. The van der Waals surface area contributed by atoms with Crippen molar-refractivity contribution in [3.8, 4) is 11.1 Å². The molecule has 13 heteroatoms. The van der Waals surface area contributed by atoms with E-state index in [1.165, 1.54) is 0 Å². The fourth-order valence-electron chi connectivity index (χ4n) is 5.91. The molecular formula is C37H44F2N6O5. The molecule has 0 fully saturated rings. The first-order chi connectivity index (χ1) is 23.8. The summed E-state index contributed by atoms with van der Waals surface area (Å²) in [4.78, 5) is 64.6. The summed E-state index contributed by atoms with van der Waals surface area (Å²) in [5, 5.41) is 5.21. The number of carbonyl (C=O) groups is 5. The number of carbonyl (C=O) groups excluding carboxylic acids is 5. The van der Waals surface area contributed by atoms with Crippen LogP contribution in [-0.2, 0) is 30.5 Å². The summed E-state index contributed by atoms with van der Waals surface area (Å²) < 4.78 is 31.2. The van der Waals surface area contributed by atoms with Gasteiger partial charge >= 0.3 is 0 Å². The fourth-order valence-corrected chi connectivity index (χ4v) is 5.91. The zero-order valence-electron chi connectivity index (χ0n) is 28.6. The second kappa shape index (κ2) is 17.0. The molecule has 1 aliphatic heterocycles. The van der Waals surface area contributed by atoms with Gasteiger partial charge in [0.1, 0.15) is 18.2 Å². The topological polar surface area (TPSA) is 147 Å². The standard InChI is InChI=1S/C37H44F2N6O5/c1-37(2,3)36(30-20-26(28-21-27(38)10-11-29(28)39)23-43(30)22-25-8-5-4-6-9-25)44(19-7-16-40)33(48)13-12-31(46)41-17-18-42-32(47)24-45-34(49)14-15-35(45)50/h4-6,8-11,14-15,20-21,23,36H,7,12-13,16-19,22,24,40H2,1-3H3,(H,41,46)(H,42,47)/t36-/m0/s1. The average molecular weight is 691 g/mol. The van der Waals surface area contributed by atoms with Crippen LogP contribution in [-0.4, -0.2) is 76.6 Å². The summed E-state index contributed by atoms with van der Waals surface area (Å²) in [6.07, 6.45) is 4.23. The monoisotopic (exact) mass is 690 g/mol. The van der Waals surface area contributed by atoms with Crippen LogP contribution in [0.4, 0.5) is 8.78 Å². The lowest BCUT2D eigenvalue weighted by atomic mass is 9.82. The Morgan fingerprint density at radius 3 is 2.20 bits per heavy atom. The van der Waals surface area contributed by atoms with Crippen LogP contribution in [0.25, 0.3) is 11.1 Å². The van der Waals surface area contributed by atoms with Crippen molar-refractivity contribution < 1.29 is 32.8 Å². The Morgan fingerprint density at radius 1 is 0.900 bits per heavy atom. The highest BCUT2D eigenvalue weighted by Crippen LogP contribution is 2.41. The second-order valence-electron chi connectivity index (χ2n) is 13.2. The quantitative estimate of drug-likeness (QED) is 0.154. The molecule has 1 aliphatic rings. The first-order valence-electron chi connectivity index (χ1n) is 16.5. The Hall–Kier alpha value is -5.17. The Balaban J connectivity index is 1.50. The molecule has 5 amide bonds. The number of hydrogen-bond acceptors (Lipinski definition) is 6. The highest BCUT2D eigenvalue weighted by atomic mass is 19.1. The molecule has 1 atom stereocenters. The molecule has 4 N–H and O–H groups in total. The highest BCUT2D eigenvalue weighted by molar-refractivity contribution is 6.14. The number of halogens is 2. The largest absolute Gasteiger partial charge is 0.354 e. The van der Waals surface area contributed by atoms with Gasteiger partial charge in [-0.1, -0.05) is 51.1 Å². The molecule has 0 spiro atoms. The first kappa shape index (κ1) is 37.6. The molecule has 50 heavy (non-hydrogen) atoms. The SMILES string of the molecule is CC(C)(C)[C@H](c1cc(-c2cc(F)ccc2F)cn1Cc1ccccc1)N(CCCN)C(=O)CCC(=O)NCCNC(=O)CN1C(=O)C=CC1=O. The van der Waals surface area contributed by atoms with Crippen molar-refractivity contribution in [2.75, 3.05) is 32.7 Å². The number of nitrogens with zero attached hydrogens (tertiary/aromatic N) is 3. The molecule has 1 aromatic heterocycles. The van der Waals surface area contributed by atoms with Gasteiger partial charge in [0.15, 0.2) is 0 Å². The van der Waals surface area contributed by atoms with Crippen molar-refractivity contribution in [1.82, 2.24) is 25.0 Å². The Bertz CT molecular complexity index is 1720. The number of benzene rings is 2. The van der Waals surface area contributed by atoms with Gasteiger partial charge in [0.25, 0.3) is 11.8 Å². The average Bonchev–Trinajstić information content (AvgIpc) is 3.62. The van der Waals surface area contributed by atoms with Crippen LogP contribution in [0, 0.1) is 17.0 Å². The van der Waals surface area contributed by atoms with Crippen LogP contribution in [0.2, 0.25) is 0 Å². The molecule has 266 valence electrons. The van der Waals surface area contributed by atoms with E-state index in [0.29, 0.717) is 31.6 Å². The van der Waals surface area contributed by atoms with E-state index >= 15 is 4.39 Å². The van der Waals surface area contributed by atoms with Crippen molar-refractivity contribution in [2.24, 2.45) is 11.1 Å². The summed E-state index contributed by atoms with van der Waals surface area (Å²) in [6, 6.07) is 14.3. The van der Waals surface area contributed by atoms with Crippen molar-refractivity contribution in [2.45, 2.75) is 52.6 Å². The summed E-state index contributed by atoms with van der Waals surface area (Å²) >= 11 is 0. The van der Waals surface area contributed by atoms with Gasteiger partial charge in [-0.3, -0.25) is 28.9 Å². The normalized spacial score (nSPS) is 13.4. The Kier molecular flexibility index (Phi) is 12.8. The van der Waals surface area contributed by atoms with Gasteiger partial charge in [0.2, 0.25) is 17.7 Å². The number of amides is 5. The molecule has 2 heterocycles. The van der Waals surface area contributed by atoms with Crippen LogP contribution >= 0.6 is 0 Å². The third-order valence-electron chi connectivity index (χ3n) is 8.24. The van der Waals surface area contributed by atoms with Crippen LogP contribution < -0.4 is 16.4 Å². The second-order valence-corrected chi connectivity index (χ2v) is 13.2. The van der Waals surface area contributed by atoms with E-state index in [9.17, 15) is 28.4 Å². The predicted molar refractivity (Wildman–Crippen MR) is 184 cm³/mol. The zero-order chi connectivity index (χ0) is 36.4. The number of nitrogens with two attached hydrogens (primary N) is 1. The van der Waals surface area contributed by atoms with E-state index in [-0.39, 0.29) is 37.4 Å². The Labute approximate surface area is 290 Å². The van der Waals surface area contributed by atoms with E-state index in [1.807, 2.05) is 55.7 Å². The third-order valence-corrected chi connectivity index (χ3v) is 8.24. The van der Waals surface area contributed by atoms with Crippen LogP contribution in [0.15, 0.2) is 72.9 Å². The molecule has 0 saturated carbocycles. The minimum atomic E-state index is -0.571. The molecule has 0 saturated heterocycles. The maximum absolute atomic E-state index is 15.0. The van der Waals surface area contributed by atoms with E-state index in [4.69, 9.17) is 5.73 Å².